The van der Waals surface area contributed by atoms with E-state index in [0.717, 1.165) is 31.8 Å². The van der Waals surface area contributed by atoms with Crippen LogP contribution in [-0.2, 0) is 0 Å². The molecule has 2 rings (SSSR count). The van der Waals surface area contributed by atoms with Gasteiger partial charge < -0.3 is 14.4 Å². The van der Waals surface area contributed by atoms with Crippen LogP contribution in [0, 0.1) is 5.92 Å². The van der Waals surface area contributed by atoms with E-state index < -0.39 is 0 Å². The van der Waals surface area contributed by atoms with E-state index in [-0.39, 0.29) is 12.4 Å². The molecule has 1 aromatic heterocycles. The van der Waals surface area contributed by atoms with Gasteiger partial charge >= 0.3 is 0 Å². The van der Waals surface area contributed by atoms with Crippen LogP contribution in [0.2, 0.25) is 0 Å². The van der Waals surface area contributed by atoms with Crippen molar-refractivity contribution in [2.75, 3.05) is 24.6 Å². The van der Waals surface area contributed by atoms with Crippen molar-refractivity contribution in [3.63, 3.8) is 0 Å². The molecule has 4 nitrogen and oxygen atoms in total. The highest BCUT2D eigenvalue weighted by molar-refractivity contribution is 5.91. The van der Waals surface area contributed by atoms with Gasteiger partial charge in [0.2, 0.25) is 0 Å². The van der Waals surface area contributed by atoms with Crippen molar-refractivity contribution in [3.8, 4) is 0 Å². The number of furan rings is 1. The summed E-state index contributed by atoms with van der Waals surface area (Å²) in [5, 5.41) is 9.04. The lowest BCUT2D eigenvalue weighted by Crippen LogP contribution is -2.34. The van der Waals surface area contributed by atoms with Crippen LogP contribution in [0.15, 0.2) is 16.5 Å². The normalized spacial score (nSPS) is 17.8. The maximum absolute atomic E-state index is 11.1. The molecule has 0 aromatic carbocycles. The second-order valence-corrected chi connectivity index (χ2v) is 4.31. The van der Waals surface area contributed by atoms with Gasteiger partial charge in [-0.1, -0.05) is 0 Å². The maximum Gasteiger partial charge on any atom is 0.196 e. The van der Waals surface area contributed by atoms with Crippen molar-refractivity contribution in [3.05, 3.63) is 17.9 Å². The summed E-state index contributed by atoms with van der Waals surface area (Å²) in [5.74, 6) is 1.55. The van der Waals surface area contributed by atoms with Crippen LogP contribution in [0.4, 0.5) is 5.88 Å². The first-order chi connectivity index (χ1) is 7.70. The highest BCUT2D eigenvalue weighted by Crippen LogP contribution is 2.24. The third-order valence-corrected chi connectivity index (χ3v) is 3.12. The number of Topliss-reactive ketones (excluding diaryl/α,β-unsaturated/α-hetero) is 1. The predicted octanol–water partition coefficient (Wildman–Crippen LogP) is 1.69. The Bertz CT molecular complexity index is 364. The molecule has 88 valence electrons. The van der Waals surface area contributed by atoms with E-state index in [4.69, 9.17) is 9.52 Å². The van der Waals surface area contributed by atoms with E-state index in [2.05, 4.69) is 4.90 Å². The fraction of sp³-hybridized carbons (Fsp3) is 0.583. The predicted molar refractivity (Wildman–Crippen MR) is 60.7 cm³/mol. The Kier molecular flexibility index (Phi) is 3.29. The molecule has 16 heavy (non-hydrogen) atoms. The van der Waals surface area contributed by atoms with Crippen LogP contribution in [0.25, 0.3) is 0 Å². The minimum Gasteiger partial charge on any atom is -0.437 e. The smallest absolute Gasteiger partial charge is 0.196 e. The van der Waals surface area contributed by atoms with Gasteiger partial charge in [0.05, 0.1) is 0 Å². The molecule has 0 radical (unpaired) electrons. The summed E-state index contributed by atoms with van der Waals surface area (Å²) in [5.41, 5.74) is 0. The molecule has 0 atom stereocenters. The molecule has 1 N–H and O–H groups in total. The first kappa shape index (κ1) is 11.2. The molecule has 1 aliphatic rings. The zero-order valence-corrected chi connectivity index (χ0v) is 9.48. The van der Waals surface area contributed by atoms with Crippen LogP contribution in [0.1, 0.15) is 30.3 Å². The maximum atomic E-state index is 11.1. The third-order valence-electron chi connectivity index (χ3n) is 3.12. The zero-order chi connectivity index (χ0) is 11.5. The Morgan fingerprint density at radius 1 is 1.50 bits per heavy atom. The number of carbonyl (C=O) groups is 1. The first-order valence-corrected chi connectivity index (χ1v) is 5.67. The summed E-state index contributed by atoms with van der Waals surface area (Å²) in [6.45, 7) is 3.54. The summed E-state index contributed by atoms with van der Waals surface area (Å²) < 4.78 is 5.47. The molecule has 0 aliphatic carbocycles. The molecule has 1 aromatic rings. The van der Waals surface area contributed by atoms with E-state index in [1.165, 1.54) is 6.92 Å². The Hall–Kier alpha value is -1.29. The molecular weight excluding hydrogens is 206 g/mol. The number of nitrogens with zero attached hydrogens (tertiary/aromatic N) is 1. The van der Waals surface area contributed by atoms with Crippen molar-refractivity contribution < 1.29 is 14.3 Å². The number of rotatable bonds is 3. The quantitative estimate of drug-likeness (QED) is 0.792. The first-order valence-electron chi connectivity index (χ1n) is 5.67. The van der Waals surface area contributed by atoms with Crippen molar-refractivity contribution in [1.29, 1.82) is 0 Å². The van der Waals surface area contributed by atoms with E-state index in [0.29, 0.717) is 11.7 Å². The third kappa shape index (κ3) is 2.27. The molecule has 4 heteroatoms. The SMILES string of the molecule is CC(=O)c1ccc(N2CCC(CO)CC2)o1. The molecule has 1 aliphatic heterocycles. The van der Waals surface area contributed by atoms with Gasteiger partial charge in [0, 0.05) is 32.7 Å². The van der Waals surface area contributed by atoms with Gasteiger partial charge in [-0.3, -0.25) is 4.79 Å². The topological polar surface area (TPSA) is 53.7 Å². The van der Waals surface area contributed by atoms with Crippen LogP contribution in [0.3, 0.4) is 0 Å². The van der Waals surface area contributed by atoms with Crippen molar-refractivity contribution >= 4 is 11.7 Å². The molecule has 0 saturated carbocycles. The van der Waals surface area contributed by atoms with Gasteiger partial charge in [-0.25, -0.2) is 0 Å². The average molecular weight is 223 g/mol. The minimum atomic E-state index is -0.0449. The van der Waals surface area contributed by atoms with E-state index >= 15 is 0 Å². The molecule has 0 unspecified atom stereocenters. The van der Waals surface area contributed by atoms with Crippen molar-refractivity contribution in [2.45, 2.75) is 19.8 Å². The average Bonchev–Trinajstić information content (AvgIpc) is 2.78. The number of aliphatic hydroxyl groups is 1. The second-order valence-electron chi connectivity index (χ2n) is 4.31. The highest BCUT2D eigenvalue weighted by atomic mass is 16.4. The summed E-state index contributed by atoms with van der Waals surface area (Å²) in [6.07, 6.45) is 1.96. The standard InChI is InChI=1S/C12H17NO3/c1-9(15)11-2-3-12(16-11)13-6-4-10(8-14)5-7-13/h2-3,10,14H,4-8H2,1H3. The number of piperidine rings is 1. The Balaban J connectivity index is 2.00. The lowest BCUT2D eigenvalue weighted by molar-refractivity contribution is 0.0987. The molecule has 0 amide bonds. The van der Waals surface area contributed by atoms with Crippen LogP contribution < -0.4 is 4.90 Å². The minimum absolute atomic E-state index is 0.0449. The number of hydrogen-bond donors (Lipinski definition) is 1. The van der Waals surface area contributed by atoms with E-state index in [1.54, 1.807) is 6.07 Å². The van der Waals surface area contributed by atoms with Gasteiger partial charge in [-0.15, -0.1) is 0 Å². The Morgan fingerprint density at radius 3 is 2.69 bits per heavy atom. The van der Waals surface area contributed by atoms with Crippen molar-refractivity contribution in [2.24, 2.45) is 5.92 Å². The van der Waals surface area contributed by atoms with Crippen LogP contribution in [-0.4, -0.2) is 30.6 Å². The van der Waals surface area contributed by atoms with Gasteiger partial charge in [-0.2, -0.15) is 0 Å². The van der Waals surface area contributed by atoms with Crippen LogP contribution >= 0.6 is 0 Å². The summed E-state index contributed by atoms with van der Waals surface area (Å²) in [4.78, 5) is 13.2. The van der Waals surface area contributed by atoms with Gasteiger partial charge in [0.25, 0.3) is 0 Å². The zero-order valence-electron chi connectivity index (χ0n) is 9.48. The monoisotopic (exact) mass is 223 g/mol. The fourth-order valence-electron chi connectivity index (χ4n) is 2.02. The number of aliphatic hydroxyl groups excluding tert-OH is 1. The largest absolute Gasteiger partial charge is 0.437 e. The Morgan fingerprint density at radius 2 is 2.19 bits per heavy atom. The fourth-order valence-corrected chi connectivity index (χ4v) is 2.02. The lowest BCUT2D eigenvalue weighted by Gasteiger charge is -2.30. The molecule has 0 spiro atoms. The number of hydrogen-bond acceptors (Lipinski definition) is 4. The van der Waals surface area contributed by atoms with Gasteiger partial charge in [0.15, 0.2) is 17.4 Å². The molecule has 0 bridgehead atoms. The summed E-state index contributed by atoms with van der Waals surface area (Å²) in [6, 6.07) is 3.56. The number of anilines is 1. The summed E-state index contributed by atoms with van der Waals surface area (Å²) in [7, 11) is 0. The number of ketones is 1. The molecule has 1 fully saturated rings. The molecule has 1 saturated heterocycles. The Labute approximate surface area is 94.9 Å². The van der Waals surface area contributed by atoms with Gasteiger partial charge in [-0.05, 0) is 24.8 Å². The molecular formula is C12H17NO3. The summed E-state index contributed by atoms with van der Waals surface area (Å²) >= 11 is 0. The second kappa shape index (κ2) is 4.70. The number of carbonyl (C=O) groups excluding carboxylic acids is 1. The lowest BCUT2D eigenvalue weighted by atomic mass is 9.98. The molecule has 2 heterocycles. The highest BCUT2D eigenvalue weighted by Gasteiger charge is 2.21. The van der Waals surface area contributed by atoms with Gasteiger partial charge in [0.1, 0.15) is 0 Å². The van der Waals surface area contributed by atoms with E-state index in [9.17, 15) is 4.79 Å². The van der Waals surface area contributed by atoms with Crippen LogP contribution in [0.5, 0.6) is 0 Å². The van der Waals surface area contributed by atoms with E-state index in [1.807, 2.05) is 6.07 Å². The van der Waals surface area contributed by atoms with Crippen molar-refractivity contribution in [1.82, 2.24) is 0 Å².